The highest BCUT2D eigenvalue weighted by Gasteiger charge is 2.20. The number of thiazole rings is 1. The molecule has 0 saturated carbocycles. The highest BCUT2D eigenvalue weighted by molar-refractivity contribution is 7.18. The first-order valence-corrected chi connectivity index (χ1v) is 16.4. The number of halogens is 1. The lowest BCUT2D eigenvalue weighted by molar-refractivity contribution is 0.102. The molecule has 0 radical (unpaired) electrons. The fraction of sp³-hybridized carbons (Fsp3) is 0.314. The monoisotopic (exact) mass is 640 g/mol. The van der Waals surface area contributed by atoms with Crippen LogP contribution in [0.4, 0.5) is 21.7 Å². The van der Waals surface area contributed by atoms with Crippen LogP contribution in [0.5, 0.6) is 17.4 Å². The fourth-order valence-corrected chi connectivity index (χ4v) is 6.34. The first-order valence-electron chi connectivity index (χ1n) is 15.5. The van der Waals surface area contributed by atoms with Crippen LogP contribution in [-0.4, -0.2) is 52.0 Å². The van der Waals surface area contributed by atoms with Gasteiger partial charge in [-0.05, 0) is 88.5 Å². The fourth-order valence-electron chi connectivity index (χ4n) is 5.53. The average Bonchev–Trinajstić information content (AvgIpc) is 3.42. The molecule has 1 aliphatic heterocycles. The number of para-hydroxylation sites is 1. The number of anilines is 3. The number of likely N-dealkylation sites (tertiary alicyclic amines) is 1. The minimum absolute atomic E-state index is 0.0432. The van der Waals surface area contributed by atoms with Crippen molar-refractivity contribution in [3.8, 4) is 17.4 Å². The number of hydrogen-bond donors (Lipinski definition) is 2. The van der Waals surface area contributed by atoms with Gasteiger partial charge in [0.1, 0.15) is 11.3 Å². The molecule has 0 atom stereocenters. The number of rotatable bonds is 11. The van der Waals surface area contributed by atoms with Crippen LogP contribution < -0.4 is 20.1 Å². The second-order valence-corrected chi connectivity index (χ2v) is 12.7. The van der Waals surface area contributed by atoms with Gasteiger partial charge in [-0.3, -0.25) is 4.79 Å². The maximum Gasteiger partial charge on any atom is 0.262 e. The Labute approximate surface area is 271 Å². The maximum atomic E-state index is 15.0. The van der Waals surface area contributed by atoms with Crippen molar-refractivity contribution in [2.75, 3.05) is 36.9 Å². The van der Waals surface area contributed by atoms with Crippen LogP contribution in [0, 0.1) is 26.6 Å². The number of piperidine rings is 1. The molecule has 0 unspecified atom stereocenters. The molecule has 2 N–H and O–H groups in total. The number of aryl methyl sites for hydroxylation is 3. The van der Waals surface area contributed by atoms with Crippen LogP contribution in [0.2, 0.25) is 0 Å². The van der Waals surface area contributed by atoms with E-state index < -0.39 is 11.7 Å². The van der Waals surface area contributed by atoms with Crippen LogP contribution in [0.1, 0.15) is 52.2 Å². The Kier molecular flexibility index (Phi) is 9.70. The van der Waals surface area contributed by atoms with E-state index in [4.69, 9.17) is 9.47 Å². The zero-order valence-corrected chi connectivity index (χ0v) is 27.0. The smallest absolute Gasteiger partial charge is 0.262 e. The summed E-state index contributed by atoms with van der Waals surface area (Å²) in [6.45, 7) is 9.46. The van der Waals surface area contributed by atoms with Crippen LogP contribution >= 0.6 is 11.3 Å². The van der Waals surface area contributed by atoms with Gasteiger partial charge < -0.3 is 25.0 Å². The number of nitrogens with zero attached hydrogens (tertiary/aromatic N) is 4. The lowest BCUT2D eigenvalue weighted by atomic mass is 10.1. The highest BCUT2D eigenvalue weighted by Crippen LogP contribution is 2.31. The Morgan fingerprint density at radius 2 is 1.80 bits per heavy atom. The number of aromatic nitrogens is 3. The van der Waals surface area contributed by atoms with Gasteiger partial charge in [0, 0.05) is 36.2 Å². The molecule has 3 heterocycles. The summed E-state index contributed by atoms with van der Waals surface area (Å²) in [5.74, 6) is -0.0644. The second kappa shape index (κ2) is 14.2. The van der Waals surface area contributed by atoms with E-state index in [9.17, 15) is 9.18 Å². The SMILES string of the molecule is Cc1nc2cc(Oc3nc(Nc4ccc(OCCCN5CCCCC5)c(F)c4)ncc3C(=O)Nc3c(C)cccc3C)ccc2s1. The number of carbonyl (C=O) groups is 1. The molecule has 238 valence electrons. The van der Waals surface area contributed by atoms with Crippen molar-refractivity contribution in [3.63, 3.8) is 0 Å². The number of nitrogens with one attached hydrogen (secondary N) is 2. The lowest BCUT2D eigenvalue weighted by Gasteiger charge is -2.26. The third-order valence-corrected chi connectivity index (χ3v) is 8.86. The normalized spacial score (nSPS) is 13.5. The Bertz CT molecular complexity index is 1840. The van der Waals surface area contributed by atoms with Gasteiger partial charge in [0.25, 0.3) is 5.91 Å². The Balaban J connectivity index is 1.19. The summed E-state index contributed by atoms with van der Waals surface area (Å²) in [5.41, 5.74) is 3.92. The first-order chi connectivity index (χ1) is 22.3. The van der Waals surface area contributed by atoms with E-state index in [2.05, 4.69) is 30.5 Å². The maximum absolute atomic E-state index is 15.0. The molecule has 11 heteroatoms. The van der Waals surface area contributed by atoms with E-state index in [1.165, 1.54) is 31.5 Å². The van der Waals surface area contributed by atoms with E-state index in [1.54, 1.807) is 23.5 Å². The molecule has 46 heavy (non-hydrogen) atoms. The molecule has 0 bridgehead atoms. The quantitative estimate of drug-likeness (QED) is 0.139. The molecule has 1 fully saturated rings. The van der Waals surface area contributed by atoms with Gasteiger partial charge in [0.2, 0.25) is 11.8 Å². The largest absolute Gasteiger partial charge is 0.490 e. The molecule has 5 aromatic rings. The van der Waals surface area contributed by atoms with Gasteiger partial charge in [-0.25, -0.2) is 14.4 Å². The van der Waals surface area contributed by atoms with Crippen molar-refractivity contribution in [1.82, 2.24) is 19.9 Å². The van der Waals surface area contributed by atoms with Gasteiger partial charge in [0.15, 0.2) is 11.6 Å². The number of carbonyl (C=O) groups excluding carboxylic acids is 1. The molecule has 1 amide bonds. The molecule has 9 nitrogen and oxygen atoms in total. The second-order valence-electron chi connectivity index (χ2n) is 11.5. The molecule has 1 aliphatic rings. The summed E-state index contributed by atoms with van der Waals surface area (Å²) in [6.07, 6.45) is 6.02. The Hall–Kier alpha value is -4.61. The summed E-state index contributed by atoms with van der Waals surface area (Å²) in [6, 6.07) is 16.0. The van der Waals surface area contributed by atoms with Crippen LogP contribution in [0.15, 0.2) is 60.8 Å². The standard InChI is InChI=1S/C35H37FN6O3S/c1-22-9-7-10-23(2)32(22)40-33(43)27-21-37-35(41-34(27)45-26-12-14-31-29(20-26)38-24(3)46-31)39-25-11-13-30(28(36)19-25)44-18-8-17-42-15-5-4-6-16-42/h7,9-14,19-21H,4-6,8,15-18H2,1-3H3,(H,40,43)(H,37,39,41). The summed E-state index contributed by atoms with van der Waals surface area (Å²) < 4.78 is 27.9. The summed E-state index contributed by atoms with van der Waals surface area (Å²) in [7, 11) is 0. The van der Waals surface area contributed by atoms with Gasteiger partial charge in [-0.2, -0.15) is 4.98 Å². The van der Waals surface area contributed by atoms with E-state index in [-0.39, 0.29) is 23.1 Å². The zero-order valence-electron chi connectivity index (χ0n) is 26.2. The number of hydrogen-bond acceptors (Lipinski definition) is 9. The summed E-state index contributed by atoms with van der Waals surface area (Å²) in [5, 5.41) is 6.95. The van der Waals surface area contributed by atoms with Gasteiger partial charge in [0.05, 0.1) is 21.8 Å². The van der Waals surface area contributed by atoms with E-state index in [0.29, 0.717) is 23.7 Å². The van der Waals surface area contributed by atoms with E-state index in [1.807, 2.05) is 57.2 Å². The van der Waals surface area contributed by atoms with Gasteiger partial charge >= 0.3 is 0 Å². The van der Waals surface area contributed by atoms with Crippen LogP contribution in [0.3, 0.4) is 0 Å². The molecular weight excluding hydrogens is 603 g/mol. The van der Waals surface area contributed by atoms with Crippen molar-refractivity contribution in [2.24, 2.45) is 0 Å². The summed E-state index contributed by atoms with van der Waals surface area (Å²) >= 11 is 1.59. The lowest BCUT2D eigenvalue weighted by Crippen LogP contribution is -2.31. The number of benzene rings is 3. The molecule has 3 aromatic carbocycles. The topological polar surface area (TPSA) is 102 Å². The first kappa shape index (κ1) is 31.4. The van der Waals surface area contributed by atoms with E-state index in [0.717, 1.165) is 52.4 Å². The summed E-state index contributed by atoms with van der Waals surface area (Å²) in [4.78, 5) is 29.4. The molecule has 6 rings (SSSR count). The van der Waals surface area contributed by atoms with Gasteiger partial charge in [-0.1, -0.05) is 24.6 Å². The van der Waals surface area contributed by atoms with Crippen molar-refractivity contribution < 1.29 is 18.7 Å². The highest BCUT2D eigenvalue weighted by atomic mass is 32.1. The van der Waals surface area contributed by atoms with Crippen LogP contribution in [0.25, 0.3) is 10.2 Å². The molecule has 0 aliphatic carbocycles. The van der Waals surface area contributed by atoms with Crippen molar-refractivity contribution in [2.45, 2.75) is 46.5 Å². The van der Waals surface area contributed by atoms with Gasteiger partial charge in [-0.15, -0.1) is 11.3 Å². The van der Waals surface area contributed by atoms with Crippen LogP contribution in [-0.2, 0) is 0 Å². The third kappa shape index (κ3) is 7.60. The minimum atomic E-state index is -0.490. The number of fused-ring (bicyclic) bond motifs is 1. The molecule has 2 aromatic heterocycles. The average molecular weight is 641 g/mol. The Morgan fingerprint density at radius 3 is 2.59 bits per heavy atom. The van der Waals surface area contributed by atoms with Crippen molar-refractivity contribution in [3.05, 3.63) is 88.3 Å². The molecule has 1 saturated heterocycles. The third-order valence-electron chi connectivity index (χ3n) is 7.91. The number of amides is 1. The zero-order chi connectivity index (χ0) is 32.0. The minimum Gasteiger partial charge on any atom is -0.490 e. The molecule has 0 spiro atoms. The van der Waals surface area contributed by atoms with Crippen molar-refractivity contribution in [1.29, 1.82) is 0 Å². The predicted molar refractivity (Wildman–Crippen MR) is 180 cm³/mol. The van der Waals surface area contributed by atoms with Crippen molar-refractivity contribution >= 4 is 44.8 Å². The number of ether oxygens (including phenoxy) is 2. The predicted octanol–water partition coefficient (Wildman–Crippen LogP) is 8.19. The molecular formula is C35H37FN6O3S. The Morgan fingerprint density at radius 1 is 1.00 bits per heavy atom. The van der Waals surface area contributed by atoms with E-state index >= 15 is 0 Å².